The van der Waals surface area contributed by atoms with Crippen molar-refractivity contribution in [2.75, 3.05) is 46.2 Å². The van der Waals surface area contributed by atoms with E-state index in [4.69, 9.17) is 4.74 Å². The second-order valence-corrected chi connectivity index (χ2v) is 8.80. The smallest absolute Gasteiger partial charge is 0.321 e. The van der Waals surface area contributed by atoms with Crippen LogP contribution >= 0.6 is 0 Å². The Morgan fingerprint density at radius 2 is 1.91 bits per heavy atom. The van der Waals surface area contributed by atoms with Crippen molar-refractivity contribution in [1.82, 2.24) is 9.80 Å². The molecule has 0 aliphatic carbocycles. The van der Waals surface area contributed by atoms with Crippen LogP contribution in [0.25, 0.3) is 10.8 Å². The molecule has 2 atom stereocenters. The molecule has 3 aromatic rings. The largest absolute Gasteiger partial charge is 0.497 e. The quantitative estimate of drug-likeness (QED) is 0.634. The lowest BCUT2D eigenvalue weighted by molar-refractivity contribution is -0.0750. The van der Waals surface area contributed by atoms with Gasteiger partial charge in [-0.05, 0) is 61.1 Å². The minimum Gasteiger partial charge on any atom is -0.497 e. The van der Waals surface area contributed by atoms with Crippen LogP contribution in [0.4, 0.5) is 10.5 Å². The van der Waals surface area contributed by atoms with Gasteiger partial charge in [-0.2, -0.15) is 0 Å². The number of methoxy groups -OCH3 is 1. The Bertz CT molecular complexity index is 1100. The molecule has 168 valence electrons. The number of urea groups is 1. The predicted molar refractivity (Wildman–Crippen MR) is 128 cm³/mol. The van der Waals surface area contributed by atoms with Crippen molar-refractivity contribution in [3.05, 3.63) is 72.3 Å². The van der Waals surface area contributed by atoms with Gasteiger partial charge in [0.1, 0.15) is 5.75 Å². The molecular weight excluding hydrogens is 402 g/mol. The van der Waals surface area contributed by atoms with E-state index in [1.165, 1.54) is 0 Å². The molecule has 3 aromatic carbocycles. The van der Waals surface area contributed by atoms with Crippen molar-refractivity contribution in [3.8, 4) is 5.75 Å². The van der Waals surface area contributed by atoms with Gasteiger partial charge < -0.3 is 25.0 Å². The van der Waals surface area contributed by atoms with E-state index in [2.05, 4.69) is 16.3 Å². The highest BCUT2D eigenvalue weighted by Crippen LogP contribution is 2.39. The Kier molecular flexibility index (Phi) is 6.35. The number of piperidine rings is 1. The average Bonchev–Trinajstić information content (AvgIpc) is 2.80. The lowest BCUT2D eigenvalue weighted by Crippen LogP contribution is -2.55. The van der Waals surface area contributed by atoms with Gasteiger partial charge in [0.2, 0.25) is 0 Å². The summed E-state index contributed by atoms with van der Waals surface area (Å²) in [6.45, 7) is 1.59. The van der Waals surface area contributed by atoms with E-state index in [1.807, 2.05) is 74.8 Å². The number of hydrogen-bond acceptors (Lipinski definition) is 4. The van der Waals surface area contributed by atoms with Gasteiger partial charge in [-0.25, -0.2) is 4.79 Å². The minimum absolute atomic E-state index is 0.138. The Balaban J connectivity index is 1.53. The highest BCUT2D eigenvalue weighted by atomic mass is 16.5. The van der Waals surface area contributed by atoms with Gasteiger partial charge in [0.05, 0.1) is 12.7 Å². The number of nitrogens with zero attached hydrogens (tertiary/aromatic N) is 2. The molecule has 2 amide bonds. The molecule has 0 bridgehead atoms. The fourth-order valence-corrected chi connectivity index (χ4v) is 4.59. The van der Waals surface area contributed by atoms with E-state index in [1.54, 1.807) is 12.0 Å². The van der Waals surface area contributed by atoms with Crippen LogP contribution in [0.3, 0.4) is 0 Å². The van der Waals surface area contributed by atoms with Crippen molar-refractivity contribution in [1.29, 1.82) is 0 Å². The Morgan fingerprint density at radius 3 is 2.66 bits per heavy atom. The summed E-state index contributed by atoms with van der Waals surface area (Å²) in [5, 5.41) is 17.0. The van der Waals surface area contributed by atoms with Crippen LogP contribution in [0.15, 0.2) is 66.7 Å². The van der Waals surface area contributed by atoms with E-state index >= 15 is 0 Å². The number of carbonyl (C=O) groups is 1. The normalized spacial score (nSPS) is 21.0. The molecule has 1 aliphatic heterocycles. The SMILES string of the molecule is COc1cccc(C2(O)CCN(C(=O)Nc3ccc4ccccc4c3)CC2CN(C)C)c1. The third-order valence-electron chi connectivity index (χ3n) is 6.32. The van der Waals surface area contributed by atoms with Crippen molar-refractivity contribution in [3.63, 3.8) is 0 Å². The third-order valence-corrected chi connectivity index (χ3v) is 6.32. The molecule has 1 aliphatic rings. The molecule has 6 heteroatoms. The first-order chi connectivity index (χ1) is 15.4. The molecule has 1 fully saturated rings. The molecule has 4 rings (SSSR count). The van der Waals surface area contributed by atoms with Gasteiger partial charge in [-0.15, -0.1) is 0 Å². The monoisotopic (exact) mass is 433 g/mol. The molecule has 1 saturated heterocycles. The van der Waals surface area contributed by atoms with Crippen LogP contribution in [-0.4, -0.2) is 61.8 Å². The van der Waals surface area contributed by atoms with Gasteiger partial charge in [-0.1, -0.05) is 42.5 Å². The average molecular weight is 434 g/mol. The predicted octanol–water partition coefficient (Wildman–Crippen LogP) is 4.15. The van der Waals surface area contributed by atoms with E-state index in [0.717, 1.165) is 27.8 Å². The number of likely N-dealkylation sites (tertiary alicyclic amines) is 1. The number of nitrogens with one attached hydrogen (secondary N) is 1. The number of hydrogen-bond donors (Lipinski definition) is 2. The highest BCUT2D eigenvalue weighted by Gasteiger charge is 2.44. The molecule has 0 aromatic heterocycles. The Hall–Kier alpha value is -3.09. The zero-order valence-corrected chi connectivity index (χ0v) is 18.9. The molecular formula is C26H31N3O3. The van der Waals surface area contributed by atoms with Crippen LogP contribution in [0.5, 0.6) is 5.75 Å². The summed E-state index contributed by atoms with van der Waals surface area (Å²) in [6.07, 6.45) is 0.462. The number of aliphatic hydroxyl groups is 1. The van der Waals surface area contributed by atoms with Crippen LogP contribution in [0.1, 0.15) is 12.0 Å². The first kappa shape index (κ1) is 22.1. The number of carbonyl (C=O) groups excluding carboxylic acids is 1. The van der Waals surface area contributed by atoms with E-state index in [-0.39, 0.29) is 11.9 Å². The number of ether oxygens (including phenoxy) is 1. The maximum Gasteiger partial charge on any atom is 0.321 e. The van der Waals surface area contributed by atoms with Gasteiger partial charge in [0, 0.05) is 31.2 Å². The Morgan fingerprint density at radius 1 is 1.12 bits per heavy atom. The zero-order valence-electron chi connectivity index (χ0n) is 18.9. The number of anilines is 1. The fourth-order valence-electron chi connectivity index (χ4n) is 4.59. The fraction of sp³-hybridized carbons (Fsp3) is 0.346. The molecule has 0 saturated carbocycles. The van der Waals surface area contributed by atoms with Gasteiger partial charge in [-0.3, -0.25) is 0 Å². The topological polar surface area (TPSA) is 65.0 Å². The number of fused-ring (bicyclic) bond motifs is 1. The summed E-state index contributed by atoms with van der Waals surface area (Å²) in [4.78, 5) is 16.9. The second kappa shape index (κ2) is 9.18. The molecule has 0 spiro atoms. The number of rotatable bonds is 5. The molecule has 32 heavy (non-hydrogen) atoms. The molecule has 2 unspecified atom stereocenters. The zero-order chi connectivity index (χ0) is 22.7. The first-order valence-corrected chi connectivity index (χ1v) is 11.0. The van der Waals surface area contributed by atoms with E-state index in [9.17, 15) is 9.90 Å². The maximum atomic E-state index is 13.1. The van der Waals surface area contributed by atoms with E-state index in [0.29, 0.717) is 26.1 Å². The Labute approximate surface area is 189 Å². The standard InChI is InChI=1S/C26H31N3O3/c1-28(2)17-22-18-29(14-13-26(22,31)21-9-6-10-24(16-21)32-3)25(30)27-23-12-11-19-7-4-5-8-20(19)15-23/h4-12,15-16,22,31H,13-14,17-18H2,1-3H3,(H,27,30). The van der Waals surface area contributed by atoms with Crippen LogP contribution in [0, 0.1) is 5.92 Å². The summed E-state index contributed by atoms with van der Waals surface area (Å²) in [7, 11) is 5.60. The summed E-state index contributed by atoms with van der Waals surface area (Å²) < 4.78 is 5.37. The lowest BCUT2D eigenvalue weighted by Gasteiger charge is -2.45. The summed E-state index contributed by atoms with van der Waals surface area (Å²) >= 11 is 0. The molecule has 6 nitrogen and oxygen atoms in total. The third kappa shape index (κ3) is 4.56. The summed E-state index contributed by atoms with van der Waals surface area (Å²) in [5.74, 6) is 0.580. The summed E-state index contributed by atoms with van der Waals surface area (Å²) in [5.41, 5.74) is 0.572. The molecule has 0 radical (unpaired) electrons. The second-order valence-electron chi connectivity index (χ2n) is 8.80. The van der Waals surface area contributed by atoms with Crippen molar-refractivity contribution in [2.45, 2.75) is 12.0 Å². The van der Waals surface area contributed by atoms with Gasteiger partial charge >= 0.3 is 6.03 Å². The molecule has 1 heterocycles. The lowest BCUT2D eigenvalue weighted by atomic mass is 9.75. The first-order valence-electron chi connectivity index (χ1n) is 11.0. The minimum atomic E-state index is -1.03. The van der Waals surface area contributed by atoms with Gasteiger partial charge in [0.25, 0.3) is 0 Å². The van der Waals surface area contributed by atoms with E-state index < -0.39 is 5.60 Å². The van der Waals surface area contributed by atoms with Crippen molar-refractivity contribution < 1.29 is 14.6 Å². The highest BCUT2D eigenvalue weighted by molar-refractivity contribution is 5.93. The van der Waals surface area contributed by atoms with Crippen LogP contribution < -0.4 is 10.1 Å². The number of amides is 2. The van der Waals surface area contributed by atoms with Crippen LogP contribution in [0.2, 0.25) is 0 Å². The summed E-state index contributed by atoms with van der Waals surface area (Å²) in [6, 6.07) is 21.5. The number of benzene rings is 3. The van der Waals surface area contributed by atoms with Crippen LogP contribution in [-0.2, 0) is 5.60 Å². The van der Waals surface area contributed by atoms with Gasteiger partial charge in [0.15, 0.2) is 0 Å². The molecule has 2 N–H and O–H groups in total. The van der Waals surface area contributed by atoms with Crippen molar-refractivity contribution >= 4 is 22.5 Å². The van der Waals surface area contributed by atoms with Crippen molar-refractivity contribution in [2.24, 2.45) is 5.92 Å². The maximum absolute atomic E-state index is 13.1.